The second-order valence-corrected chi connectivity index (χ2v) is 6.14. The Morgan fingerprint density at radius 3 is 2.03 bits per heavy atom. The molecule has 0 aliphatic rings. The third kappa shape index (κ3) is 5.31. The average molecular weight is 402 g/mol. The lowest BCUT2D eigenvalue weighted by atomic mass is 10.1. The molecule has 0 aliphatic heterocycles. The SMILES string of the molecule is COc1ccccc1CNC(=O)[C@H](C)NC(=O)c1cc(OC)c(OC)c(OC)c1. The van der Waals surface area contributed by atoms with E-state index in [9.17, 15) is 9.59 Å². The number of hydrogen-bond acceptors (Lipinski definition) is 6. The largest absolute Gasteiger partial charge is 0.496 e. The van der Waals surface area contributed by atoms with Gasteiger partial charge in [0, 0.05) is 17.7 Å². The van der Waals surface area contributed by atoms with E-state index in [0.717, 1.165) is 5.56 Å². The van der Waals surface area contributed by atoms with Gasteiger partial charge in [-0.25, -0.2) is 0 Å². The minimum Gasteiger partial charge on any atom is -0.496 e. The number of carbonyl (C=O) groups is 2. The summed E-state index contributed by atoms with van der Waals surface area (Å²) in [5.41, 5.74) is 1.12. The standard InChI is InChI=1S/C21H26N2O6/c1-13(20(24)22-12-14-8-6-7-9-16(14)26-2)23-21(25)15-10-17(27-3)19(29-5)18(11-15)28-4/h6-11,13H,12H2,1-5H3,(H,22,24)(H,23,25)/t13-/m0/s1. The molecule has 2 N–H and O–H groups in total. The molecule has 2 amide bonds. The molecule has 29 heavy (non-hydrogen) atoms. The van der Waals surface area contributed by atoms with Gasteiger partial charge in [0.05, 0.1) is 28.4 Å². The highest BCUT2D eigenvalue weighted by Gasteiger charge is 2.20. The van der Waals surface area contributed by atoms with Gasteiger partial charge in [0.1, 0.15) is 11.8 Å². The van der Waals surface area contributed by atoms with Crippen LogP contribution in [0.5, 0.6) is 23.0 Å². The summed E-state index contributed by atoms with van der Waals surface area (Å²) in [7, 11) is 5.98. The van der Waals surface area contributed by atoms with Crippen molar-refractivity contribution in [2.24, 2.45) is 0 Å². The third-order valence-corrected chi connectivity index (χ3v) is 4.31. The van der Waals surface area contributed by atoms with E-state index in [-0.39, 0.29) is 18.0 Å². The van der Waals surface area contributed by atoms with Gasteiger partial charge in [-0.1, -0.05) is 18.2 Å². The van der Waals surface area contributed by atoms with E-state index >= 15 is 0 Å². The van der Waals surface area contributed by atoms with Gasteiger partial charge >= 0.3 is 0 Å². The molecule has 0 radical (unpaired) electrons. The zero-order valence-electron chi connectivity index (χ0n) is 17.2. The normalized spacial score (nSPS) is 11.2. The van der Waals surface area contributed by atoms with Gasteiger partial charge in [0.2, 0.25) is 11.7 Å². The summed E-state index contributed by atoms with van der Waals surface area (Å²) >= 11 is 0. The van der Waals surface area contributed by atoms with Gasteiger partial charge in [0.25, 0.3) is 5.91 Å². The Kier molecular flexibility index (Phi) is 7.70. The van der Waals surface area contributed by atoms with Crippen LogP contribution in [0.15, 0.2) is 36.4 Å². The first kappa shape index (κ1) is 21.9. The molecule has 0 heterocycles. The Bertz CT molecular complexity index is 843. The van der Waals surface area contributed by atoms with Gasteiger partial charge in [-0.15, -0.1) is 0 Å². The Balaban J connectivity index is 2.05. The average Bonchev–Trinajstić information content (AvgIpc) is 2.76. The fraction of sp³-hybridized carbons (Fsp3) is 0.333. The summed E-state index contributed by atoms with van der Waals surface area (Å²) < 4.78 is 21.0. The molecule has 0 aromatic heterocycles. The highest BCUT2D eigenvalue weighted by molar-refractivity contribution is 5.98. The number of carbonyl (C=O) groups excluding carboxylic acids is 2. The van der Waals surface area contributed by atoms with Crippen LogP contribution in [0, 0.1) is 0 Å². The van der Waals surface area contributed by atoms with Gasteiger partial charge in [-0.05, 0) is 25.1 Å². The van der Waals surface area contributed by atoms with Crippen LogP contribution in [0.2, 0.25) is 0 Å². The van der Waals surface area contributed by atoms with Crippen LogP contribution < -0.4 is 29.6 Å². The molecule has 0 saturated heterocycles. The van der Waals surface area contributed by atoms with Crippen molar-refractivity contribution in [3.05, 3.63) is 47.5 Å². The number of hydrogen-bond donors (Lipinski definition) is 2. The summed E-state index contributed by atoms with van der Waals surface area (Å²) in [4.78, 5) is 25.0. The third-order valence-electron chi connectivity index (χ3n) is 4.31. The Labute approximate surface area is 170 Å². The van der Waals surface area contributed by atoms with E-state index in [4.69, 9.17) is 18.9 Å². The molecule has 2 aromatic rings. The summed E-state index contributed by atoms with van der Waals surface area (Å²) in [6.07, 6.45) is 0. The second kappa shape index (κ2) is 10.2. The fourth-order valence-electron chi connectivity index (χ4n) is 2.74. The number of ether oxygens (including phenoxy) is 4. The number of benzene rings is 2. The first-order valence-electron chi connectivity index (χ1n) is 8.95. The predicted molar refractivity (Wildman–Crippen MR) is 108 cm³/mol. The van der Waals surface area contributed by atoms with Crippen LogP contribution in [0.4, 0.5) is 0 Å². The van der Waals surface area contributed by atoms with Gasteiger partial charge in [-0.3, -0.25) is 9.59 Å². The molecule has 0 spiro atoms. The maximum Gasteiger partial charge on any atom is 0.252 e. The summed E-state index contributed by atoms with van der Waals surface area (Å²) in [5, 5.41) is 5.46. The topological polar surface area (TPSA) is 95.1 Å². The van der Waals surface area contributed by atoms with Crippen molar-refractivity contribution < 1.29 is 28.5 Å². The molecule has 2 aromatic carbocycles. The second-order valence-electron chi connectivity index (χ2n) is 6.14. The maximum atomic E-state index is 12.6. The molecule has 8 heteroatoms. The first-order valence-corrected chi connectivity index (χ1v) is 8.95. The first-order chi connectivity index (χ1) is 13.9. The van der Waals surface area contributed by atoms with Crippen LogP contribution in [-0.4, -0.2) is 46.3 Å². The molecule has 2 rings (SSSR count). The zero-order valence-corrected chi connectivity index (χ0v) is 17.2. The number of para-hydroxylation sites is 1. The monoisotopic (exact) mass is 402 g/mol. The number of rotatable bonds is 9. The number of methoxy groups -OCH3 is 4. The van der Waals surface area contributed by atoms with Crippen LogP contribution >= 0.6 is 0 Å². The highest BCUT2D eigenvalue weighted by atomic mass is 16.5. The number of amides is 2. The van der Waals surface area contributed by atoms with Crippen LogP contribution in [0.3, 0.4) is 0 Å². The van der Waals surface area contributed by atoms with Crippen molar-refractivity contribution in [2.75, 3.05) is 28.4 Å². The van der Waals surface area contributed by atoms with Crippen LogP contribution in [-0.2, 0) is 11.3 Å². The van der Waals surface area contributed by atoms with Crippen molar-refractivity contribution in [1.29, 1.82) is 0 Å². The van der Waals surface area contributed by atoms with Crippen molar-refractivity contribution in [3.63, 3.8) is 0 Å². The Morgan fingerprint density at radius 1 is 0.897 bits per heavy atom. The van der Waals surface area contributed by atoms with E-state index < -0.39 is 11.9 Å². The summed E-state index contributed by atoms with van der Waals surface area (Å²) in [6, 6.07) is 9.68. The van der Waals surface area contributed by atoms with Gasteiger partial charge in [-0.2, -0.15) is 0 Å². The van der Waals surface area contributed by atoms with Crippen molar-refractivity contribution in [2.45, 2.75) is 19.5 Å². The molecular formula is C21H26N2O6. The molecule has 0 aliphatic carbocycles. The molecule has 0 unspecified atom stereocenters. The minimum atomic E-state index is -0.753. The number of nitrogens with one attached hydrogen (secondary N) is 2. The molecule has 8 nitrogen and oxygen atoms in total. The lowest BCUT2D eigenvalue weighted by Crippen LogP contribution is -2.44. The van der Waals surface area contributed by atoms with E-state index in [1.54, 1.807) is 14.0 Å². The zero-order chi connectivity index (χ0) is 21.4. The van der Waals surface area contributed by atoms with E-state index in [0.29, 0.717) is 23.0 Å². The highest BCUT2D eigenvalue weighted by Crippen LogP contribution is 2.38. The molecule has 0 saturated carbocycles. The van der Waals surface area contributed by atoms with E-state index in [1.165, 1.54) is 33.5 Å². The molecular weight excluding hydrogens is 376 g/mol. The van der Waals surface area contributed by atoms with Gasteiger partial charge in [0.15, 0.2) is 11.5 Å². The fourth-order valence-corrected chi connectivity index (χ4v) is 2.74. The Morgan fingerprint density at radius 2 is 1.48 bits per heavy atom. The predicted octanol–water partition coefficient (Wildman–Crippen LogP) is 2.16. The molecule has 0 bridgehead atoms. The summed E-state index contributed by atoms with van der Waals surface area (Å²) in [6.45, 7) is 1.89. The van der Waals surface area contributed by atoms with E-state index in [2.05, 4.69) is 10.6 Å². The quantitative estimate of drug-likeness (QED) is 0.667. The van der Waals surface area contributed by atoms with Crippen molar-refractivity contribution >= 4 is 11.8 Å². The lowest BCUT2D eigenvalue weighted by Gasteiger charge is -2.17. The molecule has 1 atom stereocenters. The van der Waals surface area contributed by atoms with Gasteiger partial charge < -0.3 is 29.6 Å². The minimum absolute atomic E-state index is 0.281. The van der Waals surface area contributed by atoms with Crippen LogP contribution in [0.25, 0.3) is 0 Å². The Hall–Kier alpha value is -3.42. The lowest BCUT2D eigenvalue weighted by molar-refractivity contribution is -0.122. The van der Waals surface area contributed by atoms with E-state index in [1.807, 2.05) is 24.3 Å². The molecule has 0 fully saturated rings. The van der Waals surface area contributed by atoms with Crippen molar-refractivity contribution in [1.82, 2.24) is 10.6 Å². The maximum absolute atomic E-state index is 12.6. The molecule has 156 valence electrons. The van der Waals surface area contributed by atoms with Crippen molar-refractivity contribution in [3.8, 4) is 23.0 Å². The van der Waals surface area contributed by atoms with Crippen LogP contribution in [0.1, 0.15) is 22.8 Å². The smallest absolute Gasteiger partial charge is 0.252 e. The summed E-state index contributed by atoms with van der Waals surface area (Å²) in [5.74, 6) is 1.01.